The molecule has 19 heavy (non-hydrogen) atoms. The van der Waals surface area contributed by atoms with E-state index in [1.807, 2.05) is 13.8 Å². The Bertz CT molecular complexity index is 488. The SMILES string of the molecule is Cc1cc(C)c(NC(=O)C2CSC(C)(C)N2)c(C)c1. The zero-order valence-corrected chi connectivity index (χ0v) is 13.1. The van der Waals surface area contributed by atoms with Crippen molar-refractivity contribution in [2.45, 2.75) is 45.5 Å². The highest BCUT2D eigenvalue weighted by Gasteiger charge is 2.34. The van der Waals surface area contributed by atoms with E-state index < -0.39 is 0 Å². The maximum Gasteiger partial charge on any atom is 0.242 e. The first-order valence-electron chi connectivity index (χ1n) is 6.59. The Balaban J connectivity index is 2.12. The van der Waals surface area contributed by atoms with Crippen molar-refractivity contribution in [3.8, 4) is 0 Å². The molecule has 1 fully saturated rings. The average molecular weight is 278 g/mol. The Morgan fingerprint density at radius 1 is 1.32 bits per heavy atom. The molecule has 1 heterocycles. The lowest BCUT2D eigenvalue weighted by Gasteiger charge is -2.19. The monoisotopic (exact) mass is 278 g/mol. The fourth-order valence-corrected chi connectivity index (χ4v) is 3.57. The number of amides is 1. The van der Waals surface area contributed by atoms with E-state index in [0.717, 1.165) is 22.6 Å². The Morgan fingerprint density at radius 2 is 1.89 bits per heavy atom. The topological polar surface area (TPSA) is 41.1 Å². The molecule has 104 valence electrons. The van der Waals surface area contributed by atoms with Crippen LogP contribution in [0.1, 0.15) is 30.5 Å². The highest BCUT2D eigenvalue weighted by molar-refractivity contribution is 8.00. The van der Waals surface area contributed by atoms with Gasteiger partial charge in [0.2, 0.25) is 5.91 Å². The summed E-state index contributed by atoms with van der Waals surface area (Å²) in [6.45, 7) is 10.4. The van der Waals surface area contributed by atoms with Gasteiger partial charge in [-0.1, -0.05) is 17.7 Å². The molecule has 4 heteroatoms. The van der Waals surface area contributed by atoms with Crippen molar-refractivity contribution >= 4 is 23.4 Å². The van der Waals surface area contributed by atoms with Crippen molar-refractivity contribution in [2.24, 2.45) is 0 Å². The molecular formula is C15H22N2OS. The molecule has 2 rings (SSSR count). The van der Waals surface area contributed by atoms with Gasteiger partial charge < -0.3 is 5.32 Å². The van der Waals surface area contributed by atoms with Crippen LogP contribution in [0.15, 0.2) is 12.1 Å². The number of anilines is 1. The zero-order chi connectivity index (χ0) is 14.2. The Kier molecular flexibility index (Phi) is 3.92. The first-order chi connectivity index (χ1) is 8.78. The molecule has 1 unspecified atom stereocenters. The number of aryl methyl sites for hydroxylation is 3. The summed E-state index contributed by atoms with van der Waals surface area (Å²) in [5, 5.41) is 6.42. The molecule has 1 aromatic rings. The Morgan fingerprint density at radius 3 is 2.37 bits per heavy atom. The predicted molar refractivity (Wildman–Crippen MR) is 82.7 cm³/mol. The van der Waals surface area contributed by atoms with Gasteiger partial charge in [-0.05, 0) is 45.7 Å². The van der Waals surface area contributed by atoms with E-state index >= 15 is 0 Å². The van der Waals surface area contributed by atoms with Crippen molar-refractivity contribution in [1.29, 1.82) is 0 Å². The van der Waals surface area contributed by atoms with Crippen LogP contribution in [0.5, 0.6) is 0 Å². The molecule has 1 aromatic carbocycles. The highest BCUT2D eigenvalue weighted by atomic mass is 32.2. The normalized spacial score (nSPS) is 21.4. The van der Waals surface area contributed by atoms with Crippen LogP contribution in [0.2, 0.25) is 0 Å². The molecule has 0 bridgehead atoms. The molecule has 1 atom stereocenters. The number of hydrogen-bond acceptors (Lipinski definition) is 3. The van der Waals surface area contributed by atoms with Gasteiger partial charge >= 0.3 is 0 Å². The van der Waals surface area contributed by atoms with Gasteiger partial charge in [0, 0.05) is 11.4 Å². The molecule has 1 saturated heterocycles. The van der Waals surface area contributed by atoms with Gasteiger partial charge in [-0.15, -0.1) is 11.8 Å². The van der Waals surface area contributed by atoms with E-state index in [0.29, 0.717) is 0 Å². The van der Waals surface area contributed by atoms with Crippen molar-refractivity contribution in [2.75, 3.05) is 11.1 Å². The van der Waals surface area contributed by atoms with Gasteiger partial charge in [0.25, 0.3) is 0 Å². The van der Waals surface area contributed by atoms with Gasteiger partial charge in [-0.25, -0.2) is 0 Å². The van der Waals surface area contributed by atoms with Crippen LogP contribution in [0.25, 0.3) is 0 Å². The van der Waals surface area contributed by atoms with Crippen molar-refractivity contribution in [3.05, 3.63) is 28.8 Å². The molecule has 0 spiro atoms. The number of carbonyl (C=O) groups is 1. The number of rotatable bonds is 2. The maximum atomic E-state index is 12.3. The minimum absolute atomic E-state index is 0.0145. The molecule has 0 saturated carbocycles. The predicted octanol–water partition coefficient (Wildman–Crippen LogP) is 2.99. The lowest BCUT2D eigenvalue weighted by Crippen LogP contribution is -2.44. The summed E-state index contributed by atoms with van der Waals surface area (Å²) in [6, 6.07) is 4.09. The largest absolute Gasteiger partial charge is 0.324 e. The van der Waals surface area contributed by atoms with Crippen molar-refractivity contribution in [1.82, 2.24) is 5.32 Å². The van der Waals surface area contributed by atoms with Gasteiger partial charge in [-0.3, -0.25) is 10.1 Å². The second kappa shape index (κ2) is 5.17. The van der Waals surface area contributed by atoms with E-state index in [-0.39, 0.29) is 16.8 Å². The lowest BCUT2D eigenvalue weighted by atomic mass is 10.0. The summed E-state index contributed by atoms with van der Waals surface area (Å²) in [5.41, 5.74) is 4.42. The minimum Gasteiger partial charge on any atom is -0.324 e. The Labute approximate surface area is 119 Å². The third kappa shape index (κ3) is 3.31. The summed E-state index contributed by atoms with van der Waals surface area (Å²) in [4.78, 5) is 12.3. The van der Waals surface area contributed by atoms with E-state index in [1.165, 1.54) is 5.56 Å². The van der Waals surface area contributed by atoms with Gasteiger partial charge in [-0.2, -0.15) is 0 Å². The zero-order valence-electron chi connectivity index (χ0n) is 12.3. The second-order valence-electron chi connectivity index (χ2n) is 5.78. The fraction of sp³-hybridized carbons (Fsp3) is 0.533. The second-order valence-corrected chi connectivity index (χ2v) is 7.42. The smallest absolute Gasteiger partial charge is 0.242 e. The molecule has 0 aliphatic carbocycles. The third-order valence-corrected chi connectivity index (χ3v) is 4.71. The number of carbonyl (C=O) groups excluding carboxylic acids is 1. The fourth-order valence-electron chi connectivity index (χ4n) is 2.52. The van der Waals surface area contributed by atoms with Crippen molar-refractivity contribution in [3.63, 3.8) is 0 Å². The highest BCUT2D eigenvalue weighted by Crippen LogP contribution is 2.30. The van der Waals surface area contributed by atoms with E-state index in [4.69, 9.17) is 0 Å². The van der Waals surface area contributed by atoms with Crippen LogP contribution in [-0.4, -0.2) is 22.6 Å². The van der Waals surface area contributed by atoms with Crippen LogP contribution in [0.4, 0.5) is 5.69 Å². The van der Waals surface area contributed by atoms with Crippen LogP contribution in [-0.2, 0) is 4.79 Å². The van der Waals surface area contributed by atoms with Crippen molar-refractivity contribution < 1.29 is 4.79 Å². The lowest BCUT2D eigenvalue weighted by molar-refractivity contribution is -0.117. The van der Waals surface area contributed by atoms with E-state index in [2.05, 4.69) is 43.5 Å². The van der Waals surface area contributed by atoms with E-state index in [9.17, 15) is 4.79 Å². The third-order valence-electron chi connectivity index (χ3n) is 3.37. The Hall–Kier alpha value is -1.00. The molecular weight excluding hydrogens is 256 g/mol. The summed E-state index contributed by atoms with van der Waals surface area (Å²) < 4.78 is 0. The summed E-state index contributed by atoms with van der Waals surface area (Å²) >= 11 is 1.79. The van der Waals surface area contributed by atoms with E-state index in [1.54, 1.807) is 11.8 Å². The number of nitrogens with one attached hydrogen (secondary N) is 2. The first-order valence-corrected chi connectivity index (χ1v) is 7.57. The molecule has 0 aromatic heterocycles. The molecule has 1 amide bonds. The standard InChI is InChI=1S/C15H22N2OS/c1-9-6-10(2)13(11(3)7-9)16-14(18)12-8-19-15(4,5)17-12/h6-7,12,17H,8H2,1-5H3,(H,16,18). The minimum atomic E-state index is -0.111. The quantitative estimate of drug-likeness (QED) is 0.874. The summed E-state index contributed by atoms with van der Waals surface area (Å²) in [5.74, 6) is 0.885. The van der Waals surface area contributed by atoms with Gasteiger partial charge in [0.15, 0.2) is 0 Å². The van der Waals surface area contributed by atoms with Crippen LogP contribution in [0.3, 0.4) is 0 Å². The molecule has 3 nitrogen and oxygen atoms in total. The van der Waals surface area contributed by atoms with Gasteiger partial charge in [0.1, 0.15) is 0 Å². The maximum absolute atomic E-state index is 12.3. The number of thioether (sulfide) groups is 1. The molecule has 1 aliphatic rings. The number of benzene rings is 1. The number of hydrogen-bond donors (Lipinski definition) is 2. The summed E-state index contributed by atoms with van der Waals surface area (Å²) in [6.07, 6.45) is 0. The van der Waals surface area contributed by atoms with Gasteiger partial charge in [0.05, 0.1) is 10.9 Å². The van der Waals surface area contributed by atoms with Crippen LogP contribution >= 0.6 is 11.8 Å². The average Bonchev–Trinajstić information content (AvgIpc) is 2.64. The summed E-state index contributed by atoms with van der Waals surface area (Å²) in [7, 11) is 0. The first kappa shape index (κ1) is 14.4. The molecule has 2 N–H and O–H groups in total. The van der Waals surface area contributed by atoms with Crippen LogP contribution in [0, 0.1) is 20.8 Å². The molecule has 1 aliphatic heterocycles. The van der Waals surface area contributed by atoms with Crippen LogP contribution < -0.4 is 10.6 Å². The molecule has 0 radical (unpaired) electrons.